The molecule has 0 aliphatic carbocycles. The second-order valence-corrected chi connectivity index (χ2v) is 18.9. The first-order chi connectivity index (χ1) is 24.9. The van der Waals surface area contributed by atoms with Gasteiger partial charge in [-0.15, -0.1) is 0 Å². The Hall–Kier alpha value is -4.28. The Morgan fingerprint density at radius 2 is 1.33 bits per heavy atom. The van der Waals surface area contributed by atoms with E-state index in [-0.39, 0.29) is 10.9 Å². The van der Waals surface area contributed by atoms with Gasteiger partial charge < -0.3 is 24.9 Å². The van der Waals surface area contributed by atoms with E-state index in [2.05, 4.69) is 60.4 Å². The highest BCUT2D eigenvalue weighted by atomic mass is 28.4. The minimum absolute atomic E-state index is 0.334. The maximum absolute atomic E-state index is 15.0. The van der Waals surface area contributed by atoms with Crippen LogP contribution in [0.2, 0.25) is 5.04 Å². The molecule has 0 radical (unpaired) electrons. The van der Waals surface area contributed by atoms with Crippen LogP contribution in [0.4, 0.5) is 0 Å². The van der Waals surface area contributed by atoms with Crippen LogP contribution in [0.1, 0.15) is 77.2 Å². The van der Waals surface area contributed by atoms with Gasteiger partial charge in [-0.25, -0.2) is 0 Å². The smallest absolute Gasteiger partial charge is 0.261 e. The predicted octanol–water partition coefficient (Wildman–Crippen LogP) is 7.07. The van der Waals surface area contributed by atoms with Gasteiger partial charge in [-0.3, -0.25) is 4.79 Å². The molecule has 1 amide bonds. The van der Waals surface area contributed by atoms with E-state index in [1.165, 1.54) is 0 Å². The Morgan fingerprint density at radius 1 is 0.846 bits per heavy atom. The van der Waals surface area contributed by atoms with Crippen LogP contribution in [-0.2, 0) is 9.22 Å². The van der Waals surface area contributed by atoms with Crippen molar-refractivity contribution in [2.45, 2.75) is 88.8 Å². The second-order valence-electron chi connectivity index (χ2n) is 14.6. The van der Waals surface area contributed by atoms with E-state index in [0.717, 1.165) is 15.9 Å². The van der Waals surface area contributed by atoms with Gasteiger partial charge in [0.15, 0.2) is 0 Å². The minimum Gasteiger partial charge on any atom is -0.401 e. The lowest BCUT2D eigenvalue weighted by atomic mass is 9.86. The fourth-order valence-corrected chi connectivity index (χ4v) is 12.1. The maximum atomic E-state index is 15.0. The zero-order valence-corrected chi connectivity index (χ0v) is 32.4. The van der Waals surface area contributed by atoms with Crippen molar-refractivity contribution in [1.29, 1.82) is 0 Å². The van der Waals surface area contributed by atoms with Crippen LogP contribution in [0, 0.1) is 0 Å². The molecule has 0 fully saturated rings. The van der Waals surface area contributed by atoms with E-state index in [1.807, 2.05) is 104 Å². The molecular formula is C42H55N5O4Si. The Bertz CT molecular complexity index is 1680. The highest BCUT2D eigenvalue weighted by Crippen LogP contribution is 2.40. The number of likely N-dealkylation sites (N-methyl/N-ethyl adjacent to an activating group) is 1. The summed E-state index contributed by atoms with van der Waals surface area (Å²) in [5.74, 6) is -0.381. The van der Waals surface area contributed by atoms with E-state index >= 15 is 4.79 Å². The monoisotopic (exact) mass is 721 g/mol. The van der Waals surface area contributed by atoms with Crippen LogP contribution in [0.3, 0.4) is 0 Å². The molecule has 10 heteroatoms. The van der Waals surface area contributed by atoms with Crippen LogP contribution in [0.25, 0.3) is 10.4 Å². The van der Waals surface area contributed by atoms with Crippen LogP contribution in [-0.4, -0.2) is 67.2 Å². The van der Waals surface area contributed by atoms with Gasteiger partial charge in [0, 0.05) is 18.5 Å². The number of benzene rings is 4. The van der Waals surface area contributed by atoms with Crippen molar-refractivity contribution < 1.29 is 19.4 Å². The molecule has 0 unspecified atom stereocenters. The van der Waals surface area contributed by atoms with Gasteiger partial charge in [-0.05, 0) is 64.8 Å². The molecule has 5 atom stereocenters. The normalized spacial score (nSPS) is 15.4. The number of amides is 1. The Labute approximate surface area is 310 Å². The first-order valence-electron chi connectivity index (χ1n) is 18.2. The Balaban J connectivity index is 1.81. The average molecular weight is 722 g/mol. The van der Waals surface area contributed by atoms with E-state index in [9.17, 15) is 10.2 Å². The number of nitrogens with zero attached hydrogens (tertiary/aromatic N) is 4. The third-order valence-corrected chi connectivity index (χ3v) is 15.1. The molecule has 52 heavy (non-hydrogen) atoms. The molecule has 0 bridgehead atoms. The van der Waals surface area contributed by atoms with Gasteiger partial charge >= 0.3 is 0 Å². The molecular weight excluding hydrogens is 667 g/mol. The fraction of sp³-hybridized carbons (Fsp3) is 0.405. The van der Waals surface area contributed by atoms with Gasteiger partial charge in [0.25, 0.3) is 8.32 Å². The van der Waals surface area contributed by atoms with Gasteiger partial charge in [0.2, 0.25) is 5.91 Å². The molecule has 0 spiro atoms. The highest BCUT2D eigenvalue weighted by molar-refractivity contribution is 6.99. The van der Waals surface area contributed by atoms with Crippen LogP contribution in [0.5, 0.6) is 0 Å². The summed E-state index contributed by atoms with van der Waals surface area (Å²) in [6, 6.07) is 37.4. The first-order valence-corrected chi connectivity index (χ1v) is 20.1. The number of hydrogen-bond acceptors (Lipinski definition) is 6. The summed E-state index contributed by atoms with van der Waals surface area (Å²) in [7, 11) is -1.46. The largest absolute Gasteiger partial charge is 0.401 e. The highest BCUT2D eigenvalue weighted by Gasteiger charge is 2.55. The molecule has 0 saturated heterocycles. The third-order valence-electron chi connectivity index (χ3n) is 10.0. The van der Waals surface area contributed by atoms with Crippen molar-refractivity contribution in [3.63, 3.8) is 0 Å². The molecule has 3 N–H and O–H groups in total. The van der Waals surface area contributed by atoms with Crippen molar-refractivity contribution in [3.8, 4) is 0 Å². The summed E-state index contributed by atoms with van der Waals surface area (Å²) in [5.41, 5.74) is 8.48. The molecule has 0 saturated carbocycles. The molecule has 0 aliphatic heterocycles. The molecule has 4 rings (SSSR count). The maximum Gasteiger partial charge on any atom is 0.261 e. The zero-order chi connectivity index (χ0) is 37.8. The standard InChI is InChI=1S/C42H55N5O4Si/c1-7-36(51-52(41(2,3)4,34-26-16-10-17-27-34)35-28-18-11-19-29-35)42(5,50)39(44-30-20-21-31-45-46-43)40(49)47(6)37(32-22-12-8-13-23-32)38(48)33-24-14-9-15-25-33/h8-19,22-29,36-39,44,48,50H,7,20-21,30-31H2,1-6H3/t36-,37+,38+,39-,42-/m1/s1. The summed E-state index contributed by atoms with van der Waals surface area (Å²) in [6.07, 6.45) is -0.152. The molecule has 0 aromatic heterocycles. The number of hydrogen-bond donors (Lipinski definition) is 3. The third kappa shape index (κ3) is 9.19. The molecule has 276 valence electrons. The number of carbonyl (C=O) groups is 1. The number of aliphatic hydroxyl groups is 2. The summed E-state index contributed by atoms with van der Waals surface area (Å²) in [5, 5.41) is 33.6. The first kappa shape index (κ1) is 40.5. The van der Waals surface area contributed by atoms with Crippen molar-refractivity contribution in [2.75, 3.05) is 20.1 Å². The van der Waals surface area contributed by atoms with Crippen molar-refractivity contribution in [3.05, 3.63) is 143 Å². The number of aliphatic hydroxyl groups excluding tert-OH is 1. The van der Waals surface area contributed by atoms with E-state index in [0.29, 0.717) is 37.9 Å². The van der Waals surface area contributed by atoms with Gasteiger partial charge in [-0.2, -0.15) is 0 Å². The number of azide groups is 1. The summed E-state index contributed by atoms with van der Waals surface area (Å²) < 4.78 is 7.49. The van der Waals surface area contributed by atoms with Gasteiger partial charge in [0.1, 0.15) is 17.7 Å². The summed E-state index contributed by atoms with van der Waals surface area (Å²) in [6.45, 7) is 11.0. The average Bonchev–Trinajstić information content (AvgIpc) is 3.15. The number of nitrogens with one attached hydrogen (secondary N) is 1. The topological polar surface area (TPSA) is 131 Å². The minimum atomic E-state index is -3.14. The lowest BCUT2D eigenvalue weighted by Gasteiger charge is -2.49. The van der Waals surface area contributed by atoms with E-state index in [1.54, 1.807) is 18.9 Å². The van der Waals surface area contributed by atoms with Crippen LogP contribution >= 0.6 is 0 Å². The fourth-order valence-electron chi connectivity index (χ4n) is 7.29. The lowest BCUT2D eigenvalue weighted by molar-refractivity contribution is -0.150. The number of rotatable bonds is 18. The quantitative estimate of drug-likeness (QED) is 0.0333. The van der Waals surface area contributed by atoms with Crippen molar-refractivity contribution >= 4 is 24.6 Å². The Morgan fingerprint density at radius 3 is 1.79 bits per heavy atom. The molecule has 9 nitrogen and oxygen atoms in total. The lowest BCUT2D eigenvalue weighted by Crippen LogP contribution is -2.71. The van der Waals surface area contributed by atoms with Gasteiger partial charge in [-0.1, -0.05) is 154 Å². The molecule has 4 aromatic rings. The van der Waals surface area contributed by atoms with E-state index < -0.39 is 38.2 Å². The number of unbranched alkanes of at least 4 members (excludes halogenated alkanes) is 1. The SMILES string of the molecule is CC[C@@H](O[Si](c1ccccc1)(c1ccccc1)C(C)(C)C)[C@@](C)(O)[C@H](NCCCCN=[N+]=[N-])C(=O)N(C)[C@@H](c1ccccc1)[C@@H](O)c1ccccc1. The predicted molar refractivity (Wildman–Crippen MR) is 212 cm³/mol. The molecule has 0 aliphatic rings. The Kier molecular flexibility index (Phi) is 14.4. The summed E-state index contributed by atoms with van der Waals surface area (Å²) >= 11 is 0. The van der Waals surface area contributed by atoms with E-state index in [4.69, 9.17) is 9.96 Å². The van der Waals surface area contributed by atoms with Crippen molar-refractivity contribution in [1.82, 2.24) is 10.2 Å². The summed E-state index contributed by atoms with van der Waals surface area (Å²) in [4.78, 5) is 19.4. The second kappa shape index (κ2) is 18.5. The van der Waals surface area contributed by atoms with Crippen LogP contribution < -0.4 is 15.7 Å². The molecule has 4 aromatic carbocycles. The van der Waals surface area contributed by atoms with Crippen molar-refractivity contribution in [2.24, 2.45) is 5.11 Å². The van der Waals surface area contributed by atoms with Crippen LogP contribution in [0.15, 0.2) is 126 Å². The van der Waals surface area contributed by atoms with Gasteiger partial charge in [0.05, 0.1) is 12.1 Å². The molecule has 0 heterocycles. The number of carbonyl (C=O) groups excluding carboxylic acids is 1. The zero-order valence-electron chi connectivity index (χ0n) is 31.4.